The molecule has 9 rings (SSSR count). The van der Waals surface area contributed by atoms with Crippen molar-refractivity contribution in [2.24, 2.45) is 0 Å². The molecule has 520 valence electrons. The summed E-state index contributed by atoms with van der Waals surface area (Å²) in [6.45, 7) is 32.3. The van der Waals surface area contributed by atoms with Crippen molar-refractivity contribution in [3.8, 4) is 17.2 Å². The fraction of sp³-hybridized carbons (Fsp3) is 0.393. The maximum atomic E-state index is 7.10. The smallest absolute Gasteiger partial charge is 0.127 e. The molecule has 0 aliphatic heterocycles. The highest BCUT2D eigenvalue weighted by atomic mass is 16.6. The van der Waals surface area contributed by atoms with Crippen molar-refractivity contribution in [2.75, 3.05) is 87.4 Å². The fourth-order valence-electron chi connectivity index (χ4n) is 12.9. The number of benzene rings is 9. The second-order valence-electron chi connectivity index (χ2n) is 27.0. The maximum Gasteiger partial charge on any atom is 0.127 e. The topological polar surface area (TPSA) is 83.1 Å². The molecule has 8 unspecified atom stereocenters. The van der Waals surface area contributed by atoms with Gasteiger partial charge < -0.3 is 42.6 Å². The lowest BCUT2D eigenvalue weighted by molar-refractivity contribution is 0.0279. The van der Waals surface area contributed by atoms with Gasteiger partial charge in [-0.3, -0.25) is 0 Å². The first-order chi connectivity index (χ1) is 47.5. The monoisotopic (exact) mass is 1320 g/mol. The van der Waals surface area contributed by atoms with Crippen LogP contribution in [0.5, 0.6) is 17.2 Å². The molecule has 98 heavy (non-hydrogen) atoms. The van der Waals surface area contributed by atoms with Crippen molar-refractivity contribution in [1.29, 1.82) is 0 Å². The molecule has 0 aromatic heterocycles. The van der Waals surface area contributed by atoms with Crippen LogP contribution in [0.15, 0.2) is 218 Å². The van der Waals surface area contributed by atoms with Gasteiger partial charge >= 0.3 is 0 Å². The number of hydrogen-bond acceptors (Lipinski definition) is 9. The van der Waals surface area contributed by atoms with Gasteiger partial charge in [-0.25, -0.2) is 0 Å². The van der Waals surface area contributed by atoms with Crippen LogP contribution in [0.1, 0.15) is 208 Å². The molecule has 0 aliphatic rings. The SMILES string of the molecule is COCCOCC(C)Oc1c(C(C)c2ccccc2)cc(C(C)C)cc1C(C)c1ccccc1.COCCOCCOc1c(C(C)c2ccccc2)cc(C(C)(C)c2cc(C(C)c3ccccc3)c(OC(C)COCCOC)c(C(C)c3ccccc3)c2)cc1C(C)c1ccccc1. The highest BCUT2D eigenvalue weighted by Crippen LogP contribution is 2.49. The van der Waals surface area contributed by atoms with Gasteiger partial charge in [0.25, 0.3) is 0 Å². The quantitative estimate of drug-likeness (QED) is 0.0357. The average Bonchev–Trinajstić information content (AvgIpc) is 0.755. The molecule has 9 nitrogen and oxygen atoms in total. The molecule has 0 saturated carbocycles. The van der Waals surface area contributed by atoms with E-state index in [4.69, 9.17) is 42.6 Å². The van der Waals surface area contributed by atoms with Crippen LogP contribution < -0.4 is 14.2 Å². The first kappa shape index (κ1) is 75.9. The fourth-order valence-corrected chi connectivity index (χ4v) is 12.9. The van der Waals surface area contributed by atoms with Crippen molar-refractivity contribution < 1.29 is 42.6 Å². The molecule has 0 heterocycles. The molecule has 0 radical (unpaired) electrons. The molecule has 0 bridgehead atoms. The molecule has 9 aromatic carbocycles. The second-order valence-corrected chi connectivity index (χ2v) is 27.0. The predicted octanol–water partition coefficient (Wildman–Crippen LogP) is 20.6. The summed E-state index contributed by atoms with van der Waals surface area (Å²) in [7, 11) is 5.08. The minimum absolute atomic E-state index is 0.0412. The lowest BCUT2D eigenvalue weighted by Crippen LogP contribution is -2.25. The predicted molar refractivity (Wildman–Crippen MR) is 403 cm³/mol. The third-order valence-corrected chi connectivity index (χ3v) is 19.3. The van der Waals surface area contributed by atoms with Gasteiger partial charge in [0, 0.05) is 95.6 Å². The van der Waals surface area contributed by atoms with Gasteiger partial charge in [0.2, 0.25) is 0 Å². The van der Waals surface area contributed by atoms with E-state index in [1.165, 1.54) is 61.2 Å². The number of hydrogen-bond donors (Lipinski definition) is 0. The Morgan fingerprint density at radius 1 is 0.276 bits per heavy atom. The molecule has 9 aromatic rings. The summed E-state index contributed by atoms with van der Waals surface area (Å²) in [4.78, 5) is 0. The van der Waals surface area contributed by atoms with Crippen molar-refractivity contribution >= 4 is 0 Å². The Bertz CT molecular complexity index is 3550. The zero-order valence-corrected chi connectivity index (χ0v) is 61.2. The number of ether oxygens (including phenoxy) is 9. The van der Waals surface area contributed by atoms with Crippen LogP contribution in [0.25, 0.3) is 0 Å². The normalized spacial score (nSPS) is 14.1. The number of rotatable bonds is 36. The molecular formula is C89H110O9. The molecule has 0 N–H and O–H groups in total. The summed E-state index contributed by atoms with van der Waals surface area (Å²) in [5, 5.41) is 0. The van der Waals surface area contributed by atoms with Crippen LogP contribution in [0, 0.1) is 0 Å². The third kappa shape index (κ3) is 20.6. The van der Waals surface area contributed by atoms with E-state index >= 15 is 0 Å². The Morgan fingerprint density at radius 2 is 0.520 bits per heavy atom. The van der Waals surface area contributed by atoms with E-state index < -0.39 is 5.41 Å². The summed E-state index contributed by atoms with van der Waals surface area (Å²) < 4.78 is 54.1. The van der Waals surface area contributed by atoms with Crippen LogP contribution in [0.3, 0.4) is 0 Å². The molecule has 0 amide bonds. The molecule has 0 spiro atoms. The van der Waals surface area contributed by atoms with Gasteiger partial charge in [0.05, 0.1) is 59.5 Å². The van der Waals surface area contributed by atoms with Crippen molar-refractivity contribution in [1.82, 2.24) is 0 Å². The highest BCUT2D eigenvalue weighted by Gasteiger charge is 2.34. The molecule has 9 heteroatoms. The van der Waals surface area contributed by atoms with E-state index in [2.05, 4.69) is 301 Å². The third-order valence-electron chi connectivity index (χ3n) is 19.3. The number of methoxy groups -OCH3 is 3. The zero-order valence-electron chi connectivity index (χ0n) is 61.2. The van der Waals surface area contributed by atoms with Crippen LogP contribution in [-0.2, 0) is 33.8 Å². The first-order valence-corrected chi connectivity index (χ1v) is 35.5. The van der Waals surface area contributed by atoms with E-state index in [1.54, 1.807) is 21.3 Å². The molecule has 0 saturated heterocycles. The van der Waals surface area contributed by atoms with E-state index in [0.717, 1.165) is 39.5 Å². The average molecular weight is 1320 g/mol. The Kier molecular flexibility index (Phi) is 29.8. The van der Waals surface area contributed by atoms with E-state index in [9.17, 15) is 0 Å². The molecule has 8 atom stereocenters. The van der Waals surface area contributed by atoms with Gasteiger partial charge in [0.1, 0.15) is 36.1 Å². The Labute approximate surface area is 588 Å². The van der Waals surface area contributed by atoms with Crippen molar-refractivity contribution in [2.45, 2.75) is 142 Å². The van der Waals surface area contributed by atoms with Gasteiger partial charge in [-0.05, 0) is 69.8 Å². The van der Waals surface area contributed by atoms with Crippen LogP contribution in [-0.4, -0.2) is 99.6 Å². The Hall–Kier alpha value is -7.86. The first-order valence-electron chi connectivity index (χ1n) is 35.5. The summed E-state index contributed by atoms with van der Waals surface area (Å²) in [5.74, 6) is 3.85. The van der Waals surface area contributed by atoms with Crippen LogP contribution >= 0.6 is 0 Å². The van der Waals surface area contributed by atoms with Gasteiger partial charge in [-0.1, -0.05) is 288 Å². The molecular weight excluding hydrogens is 1210 g/mol. The van der Waals surface area contributed by atoms with Gasteiger partial charge in [-0.2, -0.15) is 0 Å². The minimum atomic E-state index is -0.457. The summed E-state index contributed by atoms with van der Waals surface area (Å²) in [6, 6.07) is 78.8. The van der Waals surface area contributed by atoms with Crippen molar-refractivity contribution in [3.05, 3.63) is 302 Å². The zero-order chi connectivity index (χ0) is 70.0. The summed E-state index contributed by atoms with van der Waals surface area (Å²) >= 11 is 0. The molecule has 0 aliphatic carbocycles. The Balaban J connectivity index is 0.000000302. The van der Waals surface area contributed by atoms with Crippen LogP contribution in [0.4, 0.5) is 0 Å². The largest absolute Gasteiger partial charge is 0.491 e. The molecule has 0 fully saturated rings. The lowest BCUT2D eigenvalue weighted by Gasteiger charge is -2.34. The van der Waals surface area contributed by atoms with Crippen molar-refractivity contribution in [3.63, 3.8) is 0 Å². The Morgan fingerprint density at radius 3 is 0.786 bits per heavy atom. The summed E-state index contributed by atoms with van der Waals surface area (Å²) in [6.07, 6.45) is -0.272. The van der Waals surface area contributed by atoms with Gasteiger partial charge in [0.15, 0.2) is 0 Å². The van der Waals surface area contributed by atoms with Gasteiger partial charge in [-0.15, -0.1) is 0 Å². The van der Waals surface area contributed by atoms with Crippen LogP contribution in [0.2, 0.25) is 0 Å². The maximum absolute atomic E-state index is 7.10. The second kappa shape index (κ2) is 38.5. The minimum Gasteiger partial charge on any atom is -0.491 e. The van der Waals surface area contributed by atoms with E-state index in [0.29, 0.717) is 72.0 Å². The standard InChI is InChI=1S/C58H70O6.C31H40O3/c1-41(40-62-33-31-60-9)64-57-54(44(4)48-26-18-12-19-27-48)38-51(39-55(57)45(5)49-28-20-13-21-29-49)58(6,7)50-36-52(42(2)46-22-14-10-15-23-46)56(63-35-34-61-32-30-59-8)53(37-50)43(3)47-24-16-11-17-25-47;1-22(2)28-19-29(24(4)26-13-9-7-10-14-26)31(34-23(3)21-33-18-17-32-6)30(20-28)25(5)27-15-11-8-12-16-27/h10-29,36-39,41-45H,30-35,40H2,1-9H3;7-16,19-20,22-25H,17-18,21H2,1-6H3. The highest BCUT2D eigenvalue weighted by molar-refractivity contribution is 5.60. The lowest BCUT2D eigenvalue weighted by atomic mass is 9.72. The summed E-state index contributed by atoms with van der Waals surface area (Å²) in [5.41, 5.74) is 17.9. The van der Waals surface area contributed by atoms with E-state index in [1.807, 2.05) is 0 Å². The van der Waals surface area contributed by atoms with E-state index in [-0.39, 0.29) is 47.7 Å².